The first kappa shape index (κ1) is 19.4. The van der Waals surface area contributed by atoms with Crippen LogP contribution in [0.15, 0.2) is 59.3 Å². The molecule has 1 atom stereocenters. The lowest BCUT2D eigenvalue weighted by molar-refractivity contribution is -0.141. The molecule has 29 heavy (non-hydrogen) atoms. The highest BCUT2D eigenvalue weighted by atomic mass is 16.4. The van der Waals surface area contributed by atoms with Gasteiger partial charge in [0.15, 0.2) is 0 Å². The van der Waals surface area contributed by atoms with Crippen LogP contribution in [0.2, 0.25) is 0 Å². The Kier molecular flexibility index (Phi) is 5.79. The Labute approximate surface area is 171 Å². The Morgan fingerprint density at radius 3 is 2.62 bits per heavy atom. The van der Waals surface area contributed by atoms with Crippen molar-refractivity contribution in [1.29, 1.82) is 0 Å². The highest BCUT2D eigenvalue weighted by molar-refractivity contribution is 6.02. The summed E-state index contributed by atoms with van der Waals surface area (Å²) in [6.45, 7) is 0. The molecule has 4 rings (SSSR count). The van der Waals surface area contributed by atoms with Gasteiger partial charge in [-0.25, -0.2) is 0 Å². The summed E-state index contributed by atoms with van der Waals surface area (Å²) in [6.07, 6.45) is 7.27. The van der Waals surface area contributed by atoms with Crippen molar-refractivity contribution >= 4 is 17.3 Å². The van der Waals surface area contributed by atoms with E-state index >= 15 is 0 Å². The quantitative estimate of drug-likeness (QED) is 0.375. The van der Waals surface area contributed by atoms with Gasteiger partial charge in [-0.3, -0.25) is 4.79 Å². The molecule has 0 aromatic heterocycles. The van der Waals surface area contributed by atoms with Gasteiger partial charge in [0.25, 0.3) is 0 Å². The number of carboxylic acids is 1. The number of benzene rings is 2. The number of carboxylic acid groups (broad SMARTS) is 1. The Hall–Kier alpha value is -2.88. The van der Waals surface area contributed by atoms with Crippen molar-refractivity contribution in [3.05, 3.63) is 76.4 Å². The standard InChI is InChI=1S/C25H27NO3/c27-25(28)20(11-10-17-6-2-1-3-7-17)16-24(26-29)19-12-13-23-21(15-19)14-18-8-4-5-9-22(18)23/h1-3,6-7,12-13,15,20,29H,4-5,8-11,14,16H2,(H,27,28)/t20-/m0/s1. The molecule has 4 nitrogen and oxygen atoms in total. The normalized spacial score (nSPS) is 17.0. The van der Waals surface area contributed by atoms with Crippen molar-refractivity contribution in [2.75, 3.05) is 0 Å². The molecule has 2 aliphatic rings. The Morgan fingerprint density at radius 2 is 1.86 bits per heavy atom. The molecule has 0 saturated carbocycles. The monoisotopic (exact) mass is 389 g/mol. The molecule has 2 aromatic rings. The van der Waals surface area contributed by atoms with Gasteiger partial charge in [-0.05, 0) is 78.8 Å². The number of aryl methyl sites for hydroxylation is 1. The van der Waals surface area contributed by atoms with Crippen LogP contribution in [-0.4, -0.2) is 22.0 Å². The van der Waals surface area contributed by atoms with Crippen molar-refractivity contribution < 1.29 is 15.1 Å². The van der Waals surface area contributed by atoms with E-state index in [0.717, 1.165) is 24.0 Å². The van der Waals surface area contributed by atoms with Crippen LogP contribution in [0.1, 0.15) is 60.8 Å². The van der Waals surface area contributed by atoms with E-state index in [1.807, 2.05) is 36.4 Å². The molecule has 0 radical (unpaired) electrons. The van der Waals surface area contributed by atoms with Crippen LogP contribution < -0.4 is 0 Å². The van der Waals surface area contributed by atoms with Crippen molar-refractivity contribution in [2.45, 2.75) is 51.4 Å². The van der Waals surface area contributed by atoms with E-state index in [1.165, 1.54) is 36.0 Å². The van der Waals surface area contributed by atoms with E-state index in [1.54, 1.807) is 5.57 Å². The molecule has 0 spiro atoms. The fraction of sp³-hybridized carbons (Fsp3) is 0.360. The first-order chi connectivity index (χ1) is 14.2. The summed E-state index contributed by atoms with van der Waals surface area (Å²) in [4.78, 5) is 11.8. The highest BCUT2D eigenvalue weighted by Gasteiger charge is 2.26. The van der Waals surface area contributed by atoms with Gasteiger partial charge in [0.05, 0.1) is 11.6 Å². The number of rotatable bonds is 7. The molecule has 0 aliphatic heterocycles. The Morgan fingerprint density at radius 1 is 1.07 bits per heavy atom. The second-order valence-electron chi connectivity index (χ2n) is 8.15. The maximum Gasteiger partial charge on any atom is 0.306 e. The van der Waals surface area contributed by atoms with Crippen molar-refractivity contribution in [3.8, 4) is 0 Å². The zero-order valence-corrected chi connectivity index (χ0v) is 16.6. The molecule has 0 heterocycles. The molecule has 0 bridgehead atoms. The lowest BCUT2D eigenvalue weighted by atomic mass is 9.90. The number of oxime groups is 1. The zero-order valence-electron chi connectivity index (χ0n) is 16.6. The van der Waals surface area contributed by atoms with Gasteiger partial charge in [-0.1, -0.05) is 53.2 Å². The molecular formula is C25H27NO3. The van der Waals surface area contributed by atoms with Crippen molar-refractivity contribution in [2.24, 2.45) is 11.1 Å². The van der Waals surface area contributed by atoms with Gasteiger partial charge in [-0.2, -0.15) is 0 Å². The molecule has 0 unspecified atom stereocenters. The topological polar surface area (TPSA) is 69.9 Å². The minimum absolute atomic E-state index is 0.227. The van der Waals surface area contributed by atoms with Gasteiger partial charge in [-0.15, -0.1) is 0 Å². The zero-order chi connectivity index (χ0) is 20.2. The maximum absolute atomic E-state index is 11.8. The second kappa shape index (κ2) is 8.64. The van der Waals surface area contributed by atoms with E-state index in [2.05, 4.69) is 17.3 Å². The van der Waals surface area contributed by atoms with Crippen molar-refractivity contribution in [3.63, 3.8) is 0 Å². The maximum atomic E-state index is 11.8. The molecule has 0 fully saturated rings. The molecular weight excluding hydrogens is 362 g/mol. The van der Waals surface area contributed by atoms with Gasteiger partial charge < -0.3 is 10.3 Å². The van der Waals surface area contributed by atoms with Gasteiger partial charge in [0.1, 0.15) is 0 Å². The fourth-order valence-corrected chi connectivity index (χ4v) is 4.68. The van der Waals surface area contributed by atoms with E-state index in [0.29, 0.717) is 18.6 Å². The number of allylic oxidation sites excluding steroid dienone is 2. The van der Waals surface area contributed by atoms with E-state index in [4.69, 9.17) is 0 Å². The molecule has 150 valence electrons. The third-order valence-electron chi connectivity index (χ3n) is 6.28. The van der Waals surface area contributed by atoms with Crippen LogP contribution in [-0.2, 0) is 17.6 Å². The van der Waals surface area contributed by atoms with Crippen molar-refractivity contribution in [1.82, 2.24) is 0 Å². The summed E-state index contributed by atoms with van der Waals surface area (Å²) in [5, 5.41) is 22.8. The Balaban J connectivity index is 1.48. The molecule has 4 heteroatoms. The molecule has 2 aromatic carbocycles. The molecule has 2 aliphatic carbocycles. The number of nitrogens with zero attached hydrogens (tertiary/aromatic N) is 1. The number of carbonyl (C=O) groups is 1. The largest absolute Gasteiger partial charge is 0.481 e. The van der Waals surface area contributed by atoms with E-state index in [9.17, 15) is 15.1 Å². The first-order valence-corrected chi connectivity index (χ1v) is 10.5. The minimum atomic E-state index is -0.847. The van der Waals surface area contributed by atoms with Crippen LogP contribution in [0, 0.1) is 5.92 Å². The second-order valence-corrected chi connectivity index (χ2v) is 8.15. The number of aliphatic carboxylic acids is 1. The lowest BCUT2D eigenvalue weighted by Crippen LogP contribution is -2.19. The van der Waals surface area contributed by atoms with E-state index < -0.39 is 11.9 Å². The third kappa shape index (κ3) is 4.26. The third-order valence-corrected chi connectivity index (χ3v) is 6.28. The number of hydrogen-bond acceptors (Lipinski definition) is 3. The number of hydrogen-bond donors (Lipinski definition) is 2. The molecule has 0 saturated heterocycles. The fourth-order valence-electron chi connectivity index (χ4n) is 4.68. The Bertz CT molecular complexity index is 959. The predicted molar refractivity (Wildman–Crippen MR) is 114 cm³/mol. The van der Waals surface area contributed by atoms with Crippen LogP contribution in [0.4, 0.5) is 0 Å². The van der Waals surface area contributed by atoms with Crippen LogP contribution in [0.5, 0.6) is 0 Å². The summed E-state index contributed by atoms with van der Waals surface area (Å²) in [7, 11) is 0. The summed E-state index contributed by atoms with van der Waals surface area (Å²) < 4.78 is 0. The van der Waals surface area contributed by atoms with Crippen LogP contribution >= 0.6 is 0 Å². The van der Waals surface area contributed by atoms with Crippen LogP contribution in [0.3, 0.4) is 0 Å². The predicted octanol–water partition coefficient (Wildman–Crippen LogP) is 5.47. The van der Waals surface area contributed by atoms with E-state index in [-0.39, 0.29) is 6.42 Å². The number of fused-ring (bicyclic) bond motifs is 2. The molecule has 0 amide bonds. The summed E-state index contributed by atoms with van der Waals surface area (Å²) in [6, 6.07) is 16.1. The summed E-state index contributed by atoms with van der Waals surface area (Å²) in [5.41, 5.74) is 8.08. The van der Waals surface area contributed by atoms with Crippen LogP contribution in [0.25, 0.3) is 5.57 Å². The SMILES string of the molecule is O=C(O)[C@@H](CCc1ccccc1)CC(=NO)c1ccc2c(c1)CC1=C2CCCC1. The molecule has 2 N–H and O–H groups in total. The lowest BCUT2D eigenvalue weighted by Gasteiger charge is -2.15. The van der Waals surface area contributed by atoms with Gasteiger partial charge in [0.2, 0.25) is 0 Å². The van der Waals surface area contributed by atoms with Gasteiger partial charge >= 0.3 is 5.97 Å². The first-order valence-electron chi connectivity index (χ1n) is 10.5. The average molecular weight is 389 g/mol. The average Bonchev–Trinajstić information content (AvgIpc) is 3.12. The highest BCUT2D eigenvalue weighted by Crippen LogP contribution is 2.41. The summed E-state index contributed by atoms with van der Waals surface area (Å²) >= 11 is 0. The van der Waals surface area contributed by atoms with Gasteiger partial charge in [0, 0.05) is 6.42 Å². The minimum Gasteiger partial charge on any atom is -0.481 e. The summed E-state index contributed by atoms with van der Waals surface area (Å²) in [5.74, 6) is -1.43. The smallest absolute Gasteiger partial charge is 0.306 e.